The zero-order valence-corrected chi connectivity index (χ0v) is 14.2. The predicted octanol–water partition coefficient (Wildman–Crippen LogP) is 2.52. The maximum absolute atomic E-state index is 12.7. The van der Waals surface area contributed by atoms with E-state index in [1.807, 2.05) is 26.0 Å². The number of hydrogen-bond donors (Lipinski definition) is 0. The van der Waals surface area contributed by atoms with E-state index >= 15 is 0 Å². The number of ketones is 2. The number of Topliss-reactive ketones (excluding diaryl/α,β-unsaturated/α-hetero) is 1. The molecule has 0 unspecified atom stereocenters. The van der Waals surface area contributed by atoms with Gasteiger partial charge in [-0.3, -0.25) is 9.59 Å². The van der Waals surface area contributed by atoms with E-state index in [0.717, 1.165) is 0 Å². The van der Waals surface area contributed by atoms with Crippen LogP contribution >= 0.6 is 0 Å². The van der Waals surface area contributed by atoms with Crippen LogP contribution in [0, 0.1) is 17.8 Å². The second kappa shape index (κ2) is 6.04. The molecule has 0 amide bonds. The van der Waals surface area contributed by atoms with Crippen molar-refractivity contribution in [3.05, 3.63) is 35.6 Å². The first-order chi connectivity index (χ1) is 11.4. The molecule has 5 heteroatoms. The first kappa shape index (κ1) is 16.7. The molecular weight excluding hydrogens is 308 g/mol. The van der Waals surface area contributed by atoms with Crippen LogP contribution in [-0.4, -0.2) is 30.2 Å². The molecule has 0 aromatic rings. The van der Waals surface area contributed by atoms with Gasteiger partial charge in [-0.1, -0.05) is 32.1 Å². The first-order valence-corrected chi connectivity index (χ1v) is 8.32. The Labute approximate surface area is 141 Å². The van der Waals surface area contributed by atoms with Gasteiger partial charge in [0.1, 0.15) is 5.57 Å². The molecule has 2 bridgehead atoms. The Morgan fingerprint density at radius 1 is 1.12 bits per heavy atom. The van der Waals surface area contributed by atoms with Crippen LogP contribution in [0.4, 0.5) is 0 Å². The molecule has 3 rings (SSSR count). The minimum absolute atomic E-state index is 0.0135. The number of carbonyl (C=O) groups excluding carboxylic acids is 3. The highest BCUT2D eigenvalue weighted by Gasteiger charge is 2.56. The van der Waals surface area contributed by atoms with E-state index in [4.69, 9.17) is 9.47 Å². The Morgan fingerprint density at radius 3 is 2.58 bits per heavy atom. The van der Waals surface area contributed by atoms with Crippen LogP contribution in [0.25, 0.3) is 0 Å². The monoisotopic (exact) mass is 330 g/mol. The van der Waals surface area contributed by atoms with E-state index in [0.29, 0.717) is 12.2 Å². The molecule has 1 aliphatic heterocycles. The van der Waals surface area contributed by atoms with Gasteiger partial charge in [-0.25, -0.2) is 4.79 Å². The fourth-order valence-electron chi connectivity index (χ4n) is 3.92. The predicted molar refractivity (Wildman–Crippen MR) is 86.8 cm³/mol. The van der Waals surface area contributed by atoms with Crippen LogP contribution in [0.3, 0.4) is 0 Å². The van der Waals surface area contributed by atoms with Crippen LogP contribution < -0.4 is 0 Å². The number of esters is 1. The number of hydrogen-bond acceptors (Lipinski definition) is 5. The number of methoxy groups -OCH3 is 1. The average molecular weight is 330 g/mol. The highest BCUT2D eigenvalue weighted by Crippen LogP contribution is 2.48. The van der Waals surface area contributed by atoms with Gasteiger partial charge >= 0.3 is 5.97 Å². The van der Waals surface area contributed by atoms with Crippen molar-refractivity contribution >= 4 is 17.5 Å². The minimum Gasteiger partial charge on any atom is -0.496 e. The van der Waals surface area contributed by atoms with E-state index in [2.05, 4.69) is 0 Å². The van der Waals surface area contributed by atoms with Crippen molar-refractivity contribution in [2.24, 2.45) is 17.8 Å². The summed E-state index contributed by atoms with van der Waals surface area (Å²) < 4.78 is 11.3. The van der Waals surface area contributed by atoms with Gasteiger partial charge in [-0.05, 0) is 17.9 Å². The standard InChI is InChI=1S/C19H22O5/c1-11-4-5-13-6-7-14(20)8-12(2)9-15(21)16-17(23-3)19(13,10-11)24-18(16)22/h4-7,11-13H,8-10H2,1-3H3/b7-6+/t11-,12+,13-,19+/m1/s1. The quantitative estimate of drug-likeness (QED) is 0.420. The van der Waals surface area contributed by atoms with Crippen LogP contribution in [0.15, 0.2) is 35.6 Å². The van der Waals surface area contributed by atoms with Crippen LogP contribution in [0.2, 0.25) is 0 Å². The summed E-state index contributed by atoms with van der Waals surface area (Å²) >= 11 is 0. The fourth-order valence-corrected chi connectivity index (χ4v) is 3.92. The molecular formula is C19H22O5. The Morgan fingerprint density at radius 2 is 1.88 bits per heavy atom. The zero-order chi connectivity index (χ0) is 17.5. The Hall–Kier alpha value is -2.17. The maximum atomic E-state index is 12.7. The summed E-state index contributed by atoms with van der Waals surface area (Å²) in [5, 5.41) is 0. The lowest BCUT2D eigenvalue weighted by Crippen LogP contribution is -2.43. The van der Waals surface area contributed by atoms with Gasteiger partial charge in [0, 0.05) is 25.2 Å². The molecule has 2 aliphatic carbocycles. The summed E-state index contributed by atoms with van der Waals surface area (Å²) in [5.74, 6) is -0.930. The van der Waals surface area contributed by atoms with Gasteiger partial charge in [-0.15, -0.1) is 0 Å². The summed E-state index contributed by atoms with van der Waals surface area (Å²) in [6, 6.07) is 0. The zero-order valence-electron chi connectivity index (χ0n) is 14.2. The molecule has 0 saturated carbocycles. The van der Waals surface area contributed by atoms with Crippen LogP contribution in [0.1, 0.15) is 33.1 Å². The van der Waals surface area contributed by atoms with Crippen LogP contribution in [0.5, 0.6) is 0 Å². The van der Waals surface area contributed by atoms with Crippen molar-refractivity contribution in [3.63, 3.8) is 0 Å². The highest BCUT2D eigenvalue weighted by molar-refractivity contribution is 6.19. The summed E-state index contributed by atoms with van der Waals surface area (Å²) in [6.45, 7) is 3.85. The third-order valence-corrected chi connectivity index (χ3v) is 4.96. The minimum atomic E-state index is -1.03. The van der Waals surface area contributed by atoms with Gasteiger partial charge in [0.25, 0.3) is 0 Å². The summed E-state index contributed by atoms with van der Waals surface area (Å²) in [6.07, 6.45) is 8.21. The second-order valence-electron chi connectivity index (χ2n) is 7.04. The summed E-state index contributed by atoms with van der Waals surface area (Å²) in [5.41, 5.74) is -1.02. The van der Waals surface area contributed by atoms with Gasteiger partial charge in [0.2, 0.25) is 0 Å². The lowest BCUT2D eigenvalue weighted by atomic mass is 9.74. The van der Waals surface area contributed by atoms with Crippen molar-refractivity contribution < 1.29 is 23.9 Å². The second-order valence-corrected chi connectivity index (χ2v) is 7.04. The molecule has 0 saturated heterocycles. The van der Waals surface area contributed by atoms with Gasteiger partial charge in [-0.2, -0.15) is 0 Å². The Balaban J connectivity index is 2.19. The van der Waals surface area contributed by atoms with E-state index in [1.165, 1.54) is 13.2 Å². The molecule has 0 N–H and O–H groups in total. The highest BCUT2D eigenvalue weighted by atomic mass is 16.6. The number of carbonyl (C=O) groups is 3. The fraction of sp³-hybridized carbons (Fsp3) is 0.526. The lowest BCUT2D eigenvalue weighted by Gasteiger charge is -2.38. The smallest absolute Gasteiger partial charge is 0.346 e. The molecule has 1 heterocycles. The number of ether oxygens (including phenoxy) is 2. The Kier molecular flexibility index (Phi) is 4.20. The summed E-state index contributed by atoms with van der Waals surface area (Å²) in [7, 11) is 1.46. The van der Waals surface area contributed by atoms with Crippen molar-refractivity contribution in [3.8, 4) is 0 Å². The van der Waals surface area contributed by atoms with Crippen molar-refractivity contribution in [1.29, 1.82) is 0 Å². The molecule has 4 atom stereocenters. The van der Waals surface area contributed by atoms with Gasteiger partial charge in [0.05, 0.1) is 7.11 Å². The Bertz CT molecular complexity index is 684. The molecule has 3 aliphatic rings. The summed E-state index contributed by atoms with van der Waals surface area (Å²) in [4.78, 5) is 37.3. The molecule has 0 fully saturated rings. The molecule has 0 aromatic carbocycles. The van der Waals surface area contributed by atoms with Gasteiger partial charge < -0.3 is 9.47 Å². The number of rotatable bonds is 1. The largest absolute Gasteiger partial charge is 0.496 e. The third-order valence-electron chi connectivity index (χ3n) is 4.96. The average Bonchev–Trinajstić information content (AvgIpc) is 2.76. The maximum Gasteiger partial charge on any atom is 0.346 e. The van der Waals surface area contributed by atoms with E-state index in [9.17, 15) is 14.4 Å². The molecule has 0 aromatic heterocycles. The SMILES string of the molecule is COC1=C2C(=O)C[C@@H](C)CC(=O)/C=C/[C@H]3C=C[C@@H](C)C[C@@]13OC2=O. The lowest BCUT2D eigenvalue weighted by molar-refractivity contribution is -0.153. The number of allylic oxidation sites excluding steroid dienone is 2. The first-order valence-electron chi connectivity index (χ1n) is 8.32. The molecule has 1 spiro atoms. The third kappa shape index (κ3) is 2.62. The van der Waals surface area contributed by atoms with Gasteiger partial charge in [0.15, 0.2) is 22.9 Å². The molecule has 5 nitrogen and oxygen atoms in total. The van der Waals surface area contributed by atoms with Crippen molar-refractivity contribution in [2.75, 3.05) is 7.11 Å². The molecule has 128 valence electrons. The van der Waals surface area contributed by atoms with Crippen LogP contribution in [-0.2, 0) is 23.9 Å². The van der Waals surface area contributed by atoms with E-state index in [-0.39, 0.29) is 47.7 Å². The van der Waals surface area contributed by atoms with Crippen molar-refractivity contribution in [2.45, 2.75) is 38.7 Å². The normalized spacial score (nSPS) is 37.6. The van der Waals surface area contributed by atoms with E-state index in [1.54, 1.807) is 6.08 Å². The topological polar surface area (TPSA) is 69.7 Å². The molecule has 0 radical (unpaired) electrons. The molecule has 24 heavy (non-hydrogen) atoms. The van der Waals surface area contributed by atoms with E-state index < -0.39 is 11.6 Å². The van der Waals surface area contributed by atoms with Crippen molar-refractivity contribution in [1.82, 2.24) is 0 Å².